The van der Waals surface area contributed by atoms with Crippen molar-refractivity contribution in [3.63, 3.8) is 0 Å². The number of carbonyl (C=O) groups excluding carboxylic acids is 1. The highest BCUT2D eigenvalue weighted by molar-refractivity contribution is 5.83. The number of halogens is 2. The minimum atomic E-state index is -2.57. The van der Waals surface area contributed by atoms with Gasteiger partial charge < -0.3 is 10.8 Å². The molecule has 0 aromatic heterocycles. The van der Waals surface area contributed by atoms with Crippen LogP contribution in [0, 0.1) is 5.82 Å². The number of nitrogens with two attached hydrogens (primary N) is 1. The van der Waals surface area contributed by atoms with Crippen molar-refractivity contribution in [2.75, 3.05) is 0 Å². The number of carbonyl (C=O) groups is 1. The molecule has 1 aromatic rings. The van der Waals surface area contributed by atoms with E-state index in [0.717, 1.165) is 19.1 Å². The molecule has 1 aromatic carbocycles. The lowest BCUT2D eigenvalue weighted by atomic mass is 9.94. The molecule has 0 saturated heterocycles. The largest absolute Gasteiger partial charge is 0.384 e. The van der Waals surface area contributed by atoms with Gasteiger partial charge in [-0.1, -0.05) is 12.1 Å². The van der Waals surface area contributed by atoms with Gasteiger partial charge in [-0.15, -0.1) is 0 Å². The maximum Gasteiger partial charge on any atom is 0.257 e. The number of aliphatic hydroxyl groups is 1. The molecule has 0 aliphatic carbocycles. The fourth-order valence-electron chi connectivity index (χ4n) is 1.09. The molecule has 1 amide bonds. The Morgan fingerprint density at radius 2 is 1.93 bits per heavy atom. The fraction of sp³-hybridized carbons (Fsp3) is 0.300. The van der Waals surface area contributed by atoms with Crippen molar-refractivity contribution in [3.8, 4) is 0 Å². The van der Waals surface area contributed by atoms with Crippen LogP contribution in [0.1, 0.15) is 18.6 Å². The van der Waals surface area contributed by atoms with Crippen molar-refractivity contribution in [3.05, 3.63) is 35.6 Å². The number of benzene rings is 1. The SMILES string of the molecule is C[C@](F)(C(N)=O)[C@@H](O)c1ccc(F)cc1. The zero-order valence-corrected chi connectivity index (χ0v) is 8.08. The molecule has 1 rings (SSSR count). The van der Waals surface area contributed by atoms with Gasteiger partial charge in [0.2, 0.25) is 5.67 Å². The first kappa shape index (κ1) is 11.6. The molecular weight excluding hydrogens is 204 g/mol. The summed E-state index contributed by atoms with van der Waals surface area (Å²) in [5.41, 5.74) is 2.32. The van der Waals surface area contributed by atoms with Crippen LogP contribution in [0.2, 0.25) is 0 Å². The molecular formula is C10H11F2NO2. The lowest BCUT2D eigenvalue weighted by Crippen LogP contribution is -2.42. The third-order valence-corrected chi connectivity index (χ3v) is 2.18. The molecule has 0 spiro atoms. The molecule has 0 heterocycles. The van der Waals surface area contributed by atoms with Crippen LogP contribution < -0.4 is 5.73 Å². The van der Waals surface area contributed by atoms with Crippen LogP contribution in [0.3, 0.4) is 0 Å². The zero-order chi connectivity index (χ0) is 11.6. The van der Waals surface area contributed by atoms with E-state index < -0.39 is 23.5 Å². The van der Waals surface area contributed by atoms with E-state index in [1.165, 1.54) is 12.1 Å². The molecule has 0 radical (unpaired) electrons. The van der Waals surface area contributed by atoms with Crippen LogP contribution in [-0.4, -0.2) is 16.7 Å². The van der Waals surface area contributed by atoms with Gasteiger partial charge in [-0.25, -0.2) is 8.78 Å². The Morgan fingerprint density at radius 3 is 2.33 bits per heavy atom. The summed E-state index contributed by atoms with van der Waals surface area (Å²) >= 11 is 0. The Bertz CT molecular complexity index is 362. The second-order valence-electron chi connectivity index (χ2n) is 3.39. The van der Waals surface area contributed by atoms with E-state index in [2.05, 4.69) is 0 Å². The fourth-order valence-corrected chi connectivity index (χ4v) is 1.09. The summed E-state index contributed by atoms with van der Waals surface area (Å²) in [5.74, 6) is -1.77. The number of primary amides is 1. The highest BCUT2D eigenvalue weighted by Gasteiger charge is 2.40. The van der Waals surface area contributed by atoms with Crippen molar-refractivity contribution < 1.29 is 18.7 Å². The van der Waals surface area contributed by atoms with Crippen LogP contribution in [0.25, 0.3) is 0 Å². The molecule has 2 atom stereocenters. The molecule has 3 N–H and O–H groups in total. The van der Waals surface area contributed by atoms with Crippen molar-refractivity contribution in [2.45, 2.75) is 18.7 Å². The van der Waals surface area contributed by atoms with Gasteiger partial charge in [-0.05, 0) is 24.6 Å². The average molecular weight is 215 g/mol. The summed E-state index contributed by atoms with van der Waals surface area (Å²) in [6.07, 6.45) is -1.70. The smallest absolute Gasteiger partial charge is 0.257 e. The van der Waals surface area contributed by atoms with Gasteiger partial charge in [-0.3, -0.25) is 4.79 Å². The lowest BCUT2D eigenvalue weighted by Gasteiger charge is -2.23. The number of aliphatic hydroxyl groups excluding tert-OH is 1. The van der Waals surface area contributed by atoms with Gasteiger partial charge in [0.05, 0.1) is 0 Å². The predicted molar refractivity (Wildman–Crippen MR) is 50.1 cm³/mol. The Kier molecular flexibility index (Phi) is 3.04. The molecule has 0 aliphatic heterocycles. The highest BCUT2D eigenvalue weighted by atomic mass is 19.1. The quantitative estimate of drug-likeness (QED) is 0.792. The number of hydrogen-bond donors (Lipinski definition) is 2. The number of rotatable bonds is 3. The molecule has 0 aliphatic rings. The maximum atomic E-state index is 13.6. The third kappa shape index (κ3) is 2.30. The summed E-state index contributed by atoms with van der Waals surface area (Å²) in [4.78, 5) is 10.7. The first-order chi connectivity index (χ1) is 6.85. The molecule has 82 valence electrons. The summed E-state index contributed by atoms with van der Waals surface area (Å²) in [7, 11) is 0. The normalized spacial score (nSPS) is 16.8. The zero-order valence-electron chi connectivity index (χ0n) is 8.08. The molecule has 0 fully saturated rings. The van der Waals surface area contributed by atoms with Crippen molar-refractivity contribution in [2.24, 2.45) is 5.73 Å². The van der Waals surface area contributed by atoms with E-state index >= 15 is 0 Å². The van der Waals surface area contributed by atoms with Crippen LogP contribution >= 0.6 is 0 Å². The van der Waals surface area contributed by atoms with Gasteiger partial charge in [0, 0.05) is 0 Å². The lowest BCUT2D eigenvalue weighted by molar-refractivity contribution is -0.136. The third-order valence-electron chi connectivity index (χ3n) is 2.18. The van der Waals surface area contributed by atoms with Crippen molar-refractivity contribution in [1.29, 1.82) is 0 Å². The Morgan fingerprint density at radius 1 is 1.47 bits per heavy atom. The minimum Gasteiger partial charge on any atom is -0.384 e. The van der Waals surface area contributed by atoms with Crippen LogP contribution in [0.5, 0.6) is 0 Å². The molecule has 15 heavy (non-hydrogen) atoms. The Labute approximate surface area is 85.5 Å². The first-order valence-electron chi connectivity index (χ1n) is 4.28. The van der Waals surface area contributed by atoms with Crippen molar-refractivity contribution in [1.82, 2.24) is 0 Å². The number of alkyl halides is 1. The highest BCUT2D eigenvalue weighted by Crippen LogP contribution is 2.29. The minimum absolute atomic E-state index is 0.0974. The molecule has 0 bridgehead atoms. The van der Waals surface area contributed by atoms with Gasteiger partial charge in [-0.2, -0.15) is 0 Å². The van der Waals surface area contributed by atoms with E-state index in [4.69, 9.17) is 5.73 Å². The Balaban J connectivity index is 2.99. The number of hydrogen-bond acceptors (Lipinski definition) is 2. The van der Waals surface area contributed by atoms with Gasteiger partial charge in [0.15, 0.2) is 0 Å². The predicted octanol–water partition coefficient (Wildman–Crippen LogP) is 1.07. The molecule has 0 unspecified atom stereocenters. The van der Waals surface area contributed by atoms with Crippen LogP contribution in [-0.2, 0) is 4.79 Å². The summed E-state index contributed by atoms with van der Waals surface area (Å²) < 4.78 is 26.1. The monoisotopic (exact) mass is 215 g/mol. The molecule has 3 nitrogen and oxygen atoms in total. The van der Waals surface area contributed by atoms with E-state index in [-0.39, 0.29) is 5.56 Å². The second kappa shape index (κ2) is 3.94. The van der Waals surface area contributed by atoms with Crippen LogP contribution in [0.4, 0.5) is 8.78 Å². The topological polar surface area (TPSA) is 63.3 Å². The maximum absolute atomic E-state index is 13.6. The average Bonchev–Trinajstić information content (AvgIpc) is 2.17. The van der Waals surface area contributed by atoms with Gasteiger partial charge in [0.1, 0.15) is 11.9 Å². The van der Waals surface area contributed by atoms with Crippen molar-refractivity contribution >= 4 is 5.91 Å². The summed E-state index contributed by atoms with van der Waals surface area (Å²) in [6.45, 7) is 0.878. The molecule has 0 saturated carbocycles. The van der Waals surface area contributed by atoms with Gasteiger partial charge in [0.25, 0.3) is 5.91 Å². The Hall–Kier alpha value is -1.49. The summed E-state index contributed by atoms with van der Waals surface area (Å²) in [5, 5.41) is 9.51. The second-order valence-corrected chi connectivity index (χ2v) is 3.39. The van der Waals surface area contributed by atoms with E-state index in [1.54, 1.807) is 0 Å². The standard InChI is InChI=1S/C10H11F2NO2/c1-10(12,9(13)15)8(14)6-2-4-7(11)5-3-6/h2-5,8,14H,1H3,(H2,13,15)/t8-,10+/m0/s1. The first-order valence-corrected chi connectivity index (χ1v) is 4.28. The van der Waals surface area contributed by atoms with E-state index in [0.29, 0.717) is 0 Å². The summed E-state index contributed by atoms with van der Waals surface area (Å²) in [6, 6.07) is 4.52. The van der Waals surface area contributed by atoms with E-state index in [1.807, 2.05) is 0 Å². The van der Waals surface area contributed by atoms with Crippen LogP contribution in [0.15, 0.2) is 24.3 Å². The molecule has 5 heteroatoms. The van der Waals surface area contributed by atoms with E-state index in [9.17, 15) is 18.7 Å². The number of amides is 1. The van der Waals surface area contributed by atoms with Gasteiger partial charge >= 0.3 is 0 Å².